The molecule has 2 heterocycles. The normalized spacial score (nSPS) is 16.8. The van der Waals surface area contributed by atoms with Crippen molar-refractivity contribution in [2.24, 2.45) is 5.41 Å². The topological polar surface area (TPSA) is 88.2 Å². The molecule has 1 aromatic carbocycles. The van der Waals surface area contributed by atoms with Crippen LogP contribution in [0.3, 0.4) is 0 Å². The molecule has 18 heavy (non-hydrogen) atoms. The van der Waals surface area contributed by atoms with Gasteiger partial charge in [0.1, 0.15) is 5.52 Å². The molecule has 0 spiro atoms. The first-order valence-corrected chi connectivity index (χ1v) is 5.37. The zero-order chi connectivity index (χ0) is 12.6. The van der Waals surface area contributed by atoms with Crippen LogP contribution >= 0.6 is 0 Å². The van der Waals surface area contributed by atoms with Gasteiger partial charge < -0.3 is 14.5 Å². The Labute approximate surface area is 102 Å². The van der Waals surface area contributed by atoms with Crippen molar-refractivity contribution < 1.29 is 13.9 Å². The summed E-state index contributed by atoms with van der Waals surface area (Å²) in [7, 11) is 0. The lowest BCUT2D eigenvalue weighted by atomic mass is 9.87. The summed E-state index contributed by atoms with van der Waals surface area (Å²) >= 11 is 0. The maximum Gasteiger partial charge on any atom is 0.249 e. The number of oxazole rings is 1. The molecule has 0 saturated carbocycles. The van der Waals surface area contributed by atoms with Gasteiger partial charge in [0.15, 0.2) is 17.4 Å². The van der Waals surface area contributed by atoms with Gasteiger partial charge in [-0.05, 0) is 12.1 Å². The first-order valence-electron chi connectivity index (χ1n) is 5.37. The highest BCUT2D eigenvalue weighted by Gasteiger charge is 2.46. The lowest BCUT2D eigenvalue weighted by Crippen LogP contribution is -2.50. The maximum atomic E-state index is 12.0. The Morgan fingerprint density at radius 3 is 3.00 bits per heavy atom. The van der Waals surface area contributed by atoms with Gasteiger partial charge in [-0.25, -0.2) is 4.98 Å². The summed E-state index contributed by atoms with van der Waals surface area (Å²) in [6.45, 7) is 0.278. The number of nitrogens with zero attached hydrogens (tertiary/aromatic N) is 2. The highest BCUT2D eigenvalue weighted by atomic mass is 16.5. The maximum absolute atomic E-state index is 12.0. The van der Waals surface area contributed by atoms with Crippen molar-refractivity contribution in [2.75, 3.05) is 18.5 Å². The van der Waals surface area contributed by atoms with Crippen molar-refractivity contribution in [3.05, 3.63) is 24.6 Å². The van der Waals surface area contributed by atoms with Crippen LogP contribution in [0.2, 0.25) is 0 Å². The molecule has 1 N–H and O–H groups in total. The standard InChI is InChI=1S/C12H9N3O3/c13-4-12(5-17-6-12)11(16)15-8-1-2-9-10(3-8)18-7-14-9/h1-3,7H,5-6H2,(H,15,16). The summed E-state index contributed by atoms with van der Waals surface area (Å²) in [6.07, 6.45) is 1.34. The average Bonchev–Trinajstić information content (AvgIpc) is 2.75. The van der Waals surface area contributed by atoms with Gasteiger partial charge in [-0.3, -0.25) is 4.79 Å². The predicted molar refractivity (Wildman–Crippen MR) is 61.5 cm³/mol. The number of aromatic nitrogens is 1. The highest BCUT2D eigenvalue weighted by Crippen LogP contribution is 2.28. The number of fused-ring (bicyclic) bond motifs is 1. The molecule has 0 bridgehead atoms. The molecule has 1 fully saturated rings. The molecule has 90 valence electrons. The molecule has 0 radical (unpaired) electrons. The van der Waals surface area contributed by atoms with Crippen LogP contribution in [0, 0.1) is 16.7 Å². The lowest BCUT2D eigenvalue weighted by molar-refractivity contribution is -0.144. The van der Waals surface area contributed by atoms with Crippen molar-refractivity contribution >= 4 is 22.7 Å². The SMILES string of the molecule is N#CC1(C(=O)Nc2ccc3ncoc3c2)COC1. The summed E-state index contributed by atoms with van der Waals surface area (Å²) in [5, 5.41) is 11.7. The lowest BCUT2D eigenvalue weighted by Gasteiger charge is -2.33. The third-order valence-corrected chi connectivity index (χ3v) is 2.93. The van der Waals surface area contributed by atoms with E-state index >= 15 is 0 Å². The number of nitrogens with one attached hydrogen (secondary N) is 1. The van der Waals surface area contributed by atoms with Crippen molar-refractivity contribution in [1.29, 1.82) is 5.26 Å². The molecular weight excluding hydrogens is 234 g/mol. The van der Waals surface area contributed by atoms with Crippen LogP contribution in [0.5, 0.6) is 0 Å². The van der Waals surface area contributed by atoms with E-state index in [-0.39, 0.29) is 19.1 Å². The van der Waals surface area contributed by atoms with E-state index in [0.717, 1.165) is 5.52 Å². The van der Waals surface area contributed by atoms with Crippen molar-refractivity contribution in [1.82, 2.24) is 4.98 Å². The molecule has 6 nitrogen and oxygen atoms in total. The van der Waals surface area contributed by atoms with E-state index in [1.54, 1.807) is 18.2 Å². The Bertz CT molecular complexity index is 652. The largest absolute Gasteiger partial charge is 0.443 e. The summed E-state index contributed by atoms with van der Waals surface area (Å²) in [4.78, 5) is 15.9. The molecule has 1 amide bonds. The van der Waals surface area contributed by atoms with Crippen LogP contribution in [0.15, 0.2) is 29.0 Å². The number of carbonyl (C=O) groups excluding carboxylic acids is 1. The quantitative estimate of drug-likeness (QED) is 0.858. The minimum Gasteiger partial charge on any atom is -0.443 e. The predicted octanol–water partition coefficient (Wildman–Crippen LogP) is 1.31. The summed E-state index contributed by atoms with van der Waals surface area (Å²) in [6, 6.07) is 7.12. The minimum absolute atomic E-state index is 0.139. The molecule has 0 unspecified atom stereocenters. The Kier molecular flexibility index (Phi) is 2.28. The van der Waals surface area contributed by atoms with Gasteiger partial charge in [0.2, 0.25) is 5.91 Å². The highest BCUT2D eigenvalue weighted by molar-refractivity contribution is 5.99. The van der Waals surface area contributed by atoms with Gasteiger partial charge in [-0.1, -0.05) is 0 Å². The molecule has 1 aliphatic rings. The van der Waals surface area contributed by atoms with Gasteiger partial charge in [0, 0.05) is 11.8 Å². The van der Waals surface area contributed by atoms with E-state index in [1.807, 2.05) is 6.07 Å². The van der Waals surface area contributed by atoms with E-state index in [4.69, 9.17) is 14.4 Å². The van der Waals surface area contributed by atoms with E-state index in [9.17, 15) is 4.79 Å². The fourth-order valence-corrected chi connectivity index (χ4v) is 1.74. The first kappa shape index (κ1) is 10.7. The molecule has 1 saturated heterocycles. The Balaban J connectivity index is 1.84. The second kappa shape index (κ2) is 3.82. The second-order valence-corrected chi connectivity index (χ2v) is 4.18. The second-order valence-electron chi connectivity index (χ2n) is 4.18. The number of rotatable bonds is 2. The monoisotopic (exact) mass is 243 g/mol. The fourth-order valence-electron chi connectivity index (χ4n) is 1.74. The molecule has 0 aliphatic carbocycles. The molecule has 1 aliphatic heterocycles. The van der Waals surface area contributed by atoms with Crippen LogP contribution in [0.25, 0.3) is 11.1 Å². The van der Waals surface area contributed by atoms with Crippen LogP contribution in [-0.4, -0.2) is 24.1 Å². The van der Waals surface area contributed by atoms with Gasteiger partial charge in [-0.15, -0.1) is 0 Å². The average molecular weight is 243 g/mol. The Morgan fingerprint density at radius 1 is 1.50 bits per heavy atom. The van der Waals surface area contributed by atoms with E-state index in [1.165, 1.54) is 6.39 Å². The number of hydrogen-bond donors (Lipinski definition) is 1. The summed E-state index contributed by atoms with van der Waals surface area (Å²) < 4.78 is 10.1. The molecule has 6 heteroatoms. The third-order valence-electron chi connectivity index (χ3n) is 2.93. The van der Waals surface area contributed by atoms with Crippen LogP contribution < -0.4 is 5.32 Å². The van der Waals surface area contributed by atoms with Crippen molar-refractivity contribution in [2.45, 2.75) is 0 Å². The number of hydrogen-bond acceptors (Lipinski definition) is 5. The van der Waals surface area contributed by atoms with Crippen LogP contribution in [0.4, 0.5) is 5.69 Å². The third kappa shape index (κ3) is 1.53. The first-order chi connectivity index (χ1) is 8.73. The van der Waals surface area contributed by atoms with Crippen molar-refractivity contribution in [3.63, 3.8) is 0 Å². The molecule has 3 rings (SSSR count). The molecule has 1 aromatic heterocycles. The van der Waals surface area contributed by atoms with E-state index < -0.39 is 5.41 Å². The number of amides is 1. The number of ether oxygens (including phenoxy) is 1. The molecular formula is C12H9N3O3. The zero-order valence-corrected chi connectivity index (χ0v) is 9.34. The minimum atomic E-state index is -1.06. The number of benzene rings is 1. The van der Waals surface area contributed by atoms with Crippen molar-refractivity contribution in [3.8, 4) is 6.07 Å². The fraction of sp³-hybridized carbons (Fsp3) is 0.250. The van der Waals surface area contributed by atoms with Gasteiger partial charge in [0.25, 0.3) is 0 Å². The number of anilines is 1. The van der Waals surface area contributed by atoms with Gasteiger partial charge in [-0.2, -0.15) is 5.26 Å². The summed E-state index contributed by atoms with van der Waals surface area (Å²) in [5.41, 5.74) is 0.820. The van der Waals surface area contributed by atoms with Crippen LogP contribution in [-0.2, 0) is 9.53 Å². The van der Waals surface area contributed by atoms with Gasteiger partial charge >= 0.3 is 0 Å². The smallest absolute Gasteiger partial charge is 0.249 e. The number of carbonyl (C=O) groups is 1. The van der Waals surface area contributed by atoms with Gasteiger partial charge in [0.05, 0.1) is 19.3 Å². The Hall–Kier alpha value is -2.39. The molecule has 0 atom stereocenters. The van der Waals surface area contributed by atoms with E-state index in [2.05, 4.69) is 10.3 Å². The molecule has 2 aromatic rings. The Morgan fingerprint density at radius 2 is 2.33 bits per heavy atom. The zero-order valence-electron chi connectivity index (χ0n) is 9.34. The summed E-state index contributed by atoms with van der Waals surface area (Å²) in [5.74, 6) is -0.352. The van der Waals surface area contributed by atoms with E-state index in [0.29, 0.717) is 11.3 Å². The number of nitriles is 1. The van der Waals surface area contributed by atoms with Crippen LogP contribution in [0.1, 0.15) is 0 Å².